The monoisotopic (exact) mass is 389 g/mol. The molecule has 0 radical (unpaired) electrons. The predicted molar refractivity (Wildman–Crippen MR) is 108 cm³/mol. The van der Waals surface area contributed by atoms with Crippen LogP contribution >= 0.6 is 11.8 Å². The molecule has 3 heterocycles. The average molecular weight is 389 g/mol. The lowest BCUT2D eigenvalue weighted by atomic mass is 10.2. The second-order valence-corrected chi connectivity index (χ2v) is 7.25. The van der Waals surface area contributed by atoms with Crippen molar-refractivity contribution in [1.82, 2.24) is 24.7 Å². The minimum absolute atomic E-state index is 0.0637. The zero-order chi connectivity index (χ0) is 19.1. The molecular formula is C20H15N5O2S. The molecular weight excluding hydrogens is 374 g/mol. The van der Waals surface area contributed by atoms with Crippen molar-refractivity contribution in [1.29, 1.82) is 0 Å². The van der Waals surface area contributed by atoms with Gasteiger partial charge in [0.25, 0.3) is 16.7 Å². The Balaban J connectivity index is 1.42. The van der Waals surface area contributed by atoms with Gasteiger partial charge in [-0.05, 0) is 18.2 Å². The van der Waals surface area contributed by atoms with E-state index in [2.05, 4.69) is 20.2 Å². The molecule has 0 bridgehead atoms. The molecule has 8 heteroatoms. The molecule has 0 unspecified atom stereocenters. The maximum Gasteiger partial charge on any atom is 0.277 e. The summed E-state index contributed by atoms with van der Waals surface area (Å²) in [6.45, 7) is 0. The highest BCUT2D eigenvalue weighted by molar-refractivity contribution is 7.98. The molecule has 0 aliphatic carbocycles. The van der Waals surface area contributed by atoms with Crippen molar-refractivity contribution in [2.75, 3.05) is 0 Å². The number of benzene rings is 2. The molecule has 2 aromatic carbocycles. The summed E-state index contributed by atoms with van der Waals surface area (Å²) in [7, 11) is 1.73. The lowest BCUT2D eigenvalue weighted by molar-refractivity contribution is 0.466. The molecule has 0 aliphatic rings. The van der Waals surface area contributed by atoms with Gasteiger partial charge in [-0.2, -0.15) is 0 Å². The van der Waals surface area contributed by atoms with Gasteiger partial charge >= 0.3 is 0 Å². The average Bonchev–Trinajstić information content (AvgIpc) is 3.36. The van der Waals surface area contributed by atoms with Gasteiger partial charge < -0.3 is 9.40 Å². The summed E-state index contributed by atoms with van der Waals surface area (Å²) in [5, 5.41) is 10.4. The third-order valence-electron chi connectivity index (χ3n) is 4.63. The Hall–Kier alpha value is -3.39. The fourth-order valence-corrected chi connectivity index (χ4v) is 3.89. The Bertz CT molecular complexity index is 1370. The maximum atomic E-state index is 12.5. The summed E-state index contributed by atoms with van der Waals surface area (Å²) >= 11 is 1.36. The summed E-state index contributed by atoms with van der Waals surface area (Å²) in [6, 6.07) is 15.3. The number of hydrogen-bond donors (Lipinski definition) is 1. The van der Waals surface area contributed by atoms with Crippen molar-refractivity contribution in [3.05, 3.63) is 70.9 Å². The van der Waals surface area contributed by atoms with Crippen molar-refractivity contribution < 1.29 is 4.42 Å². The molecule has 5 rings (SSSR count). The van der Waals surface area contributed by atoms with Crippen LogP contribution in [-0.4, -0.2) is 24.7 Å². The number of nitrogens with zero attached hydrogens (tertiary/aromatic N) is 4. The number of aromatic amines is 1. The summed E-state index contributed by atoms with van der Waals surface area (Å²) < 4.78 is 7.38. The Morgan fingerprint density at radius 1 is 1.07 bits per heavy atom. The highest BCUT2D eigenvalue weighted by Gasteiger charge is 2.15. The van der Waals surface area contributed by atoms with Gasteiger partial charge in [0.05, 0.1) is 22.2 Å². The van der Waals surface area contributed by atoms with Crippen LogP contribution in [0.1, 0.15) is 5.82 Å². The number of fused-ring (bicyclic) bond motifs is 2. The van der Waals surface area contributed by atoms with E-state index in [9.17, 15) is 4.79 Å². The van der Waals surface area contributed by atoms with Crippen molar-refractivity contribution in [2.45, 2.75) is 11.0 Å². The first-order valence-corrected chi connectivity index (χ1v) is 9.67. The summed E-state index contributed by atoms with van der Waals surface area (Å²) in [5.41, 5.74) is 2.50. The predicted octanol–water partition coefficient (Wildman–Crippen LogP) is 3.76. The number of hydrogen-bond acceptors (Lipinski definition) is 6. The van der Waals surface area contributed by atoms with Crippen LogP contribution in [0.15, 0.2) is 69.2 Å². The largest absolute Gasteiger partial charge is 0.411 e. The van der Waals surface area contributed by atoms with Gasteiger partial charge in [-0.25, -0.2) is 4.98 Å². The van der Waals surface area contributed by atoms with Crippen LogP contribution < -0.4 is 5.56 Å². The molecule has 0 atom stereocenters. The van der Waals surface area contributed by atoms with Gasteiger partial charge in [0.1, 0.15) is 5.82 Å². The van der Waals surface area contributed by atoms with Gasteiger partial charge in [-0.3, -0.25) is 9.36 Å². The molecule has 7 nitrogen and oxygen atoms in total. The van der Waals surface area contributed by atoms with E-state index in [-0.39, 0.29) is 5.56 Å². The number of nitrogens with one attached hydrogen (secondary N) is 1. The number of rotatable bonds is 4. The first kappa shape index (κ1) is 16.8. The fourth-order valence-electron chi connectivity index (χ4n) is 3.14. The van der Waals surface area contributed by atoms with Crippen LogP contribution in [0.4, 0.5) is 0 Å². The molecule has 0 spiro atoms. The van der Waals surface area contributed by atoms with E-state index in [1.165, 1.54) is 11.8 Å². The van der Waals surface area contributed by atoms with Gasteiger partial charge in [0, 0.05) is 24.1 Å². The summed E-state index contributed by atoms with van der Waals surface area (Å²) in [5.74, 6) is 1.56. The van der Waals surface area contributed by atoms with Crippen LogP contribution in [0.3, 0.4) is 0 Å². The molecule has 0 saturated carbocycles. The van der Waals surface area contributed by atoms with E-state index in [0.29, 0.717) is 33.6 Å². The van der Waals surface area contributed by atoms with Gasteiger partial charge in [0.2, 0.25) is 0 Å². The lowest BCUT2D eigenvalue weighted by Crippen LogP contribution is -2.21. The molecule has 0 fully saturated rings. The Morgan fingerprint density at radius 2 is 1.86 bits per heavy atom. The van der Waals surface area contributed by atoms with Crippen molar-refractivity contribution in [3.8, 4) is 11.5 Å². The quantitative estimate of drug-likeness (QED) is 0.471. The van der Waals surface area contributed by atoms with Crippen LogP contribution in [0.25, 0.3) is 33.3 Å². The fraction of sp³-hybridized carbons (Fsp3) is 0.100. The molecule has 0 amide bonds. The smallest absolute Gasteiger partial charge is 0.277 e. The van der Waals surface area contributed by atoms with E-state index < -0.39 is 0 Å². The zero-order valence-corrected chi connectivity index (χ0v) is 15.7. The van der Waals surface area contributed by atoms with Gasteiger partial charge in [0.15, 0.2) is 0 Å². The molecule has 1 N–H and O–H groups in total. The highest BCUT2D eigenvalue weighted by Crippen LogP contribution is 2.30. The van der Waals surface area contributed by atoms with Crippen molar-refractivity contribution in [2.24, 2.45) is 7.05 Å². The lowest BCUT2D eigenvalue weighted by Gasteiger charge is -2.07. The molecule has 0 aliphatic heterocycles. The van der Waals surface area contributed by atoms with E-state index >= 15 is 0 Å². The Labute approximate surface area is 163 Å². The highest BCUT2D eigenvalue weighted by atomic mass is 32.2. The molecule has 3 aromatic heterocycles. The van der Waals surface area contributed by atoms with Crippen molar-refractivity contribution >= 4 is 33.6 Å². The molecule has 28 heavy (non-hydrogen) atoms. The molecule has 5 aromatic rings. The van der Waals surface area contributed by atoms with Crippen LogP contribution in [0.2, 0.25) is 0 Å². The number of thioether (sulfide) groups is 1. The Morgan fingerprint density at radius 3 is 2.75 bits per heavy atom. The summed E-state index contributed by atoms with van der Waals surface area (Å²) in [4.78, 5) is 20.3. The minimum atomic E-state index is -0.0637. The first-order chi connectivity index (χ1) is 13.7. The van der Waals surface area contributed by atoms with E-state index in [4.69, 9.17) is 4.42 Å². The number of aromatic nitrogens is 5. The maximum absolute atomic E-state index is 12.5. The van der Waals surface area contributed by atoms with E-state index in [1.54, 1.807) is 17.7 Å². The number of para-hydroxylation sites is 2. The SMILES string of the molecule is Cn1c(CSc2nnc(-c3c[nH]c4ccccc34)o2)nc2ccccc2c1=O. The first-order valence-electron chi connectivity index (χ1n) is 8.68. The third-order valence-corrected chi connectivity index (χ3v) is 5.44. The molecule has 0 saturated heterocycles. The third kappa shape index (κ3) is 2.78. The Kier molecular flexibility index (Phi) is 3.98. The topological polar surface area (TPSA) is 89.6 Å². The second kappa shape index (κ2) is 6.65. The minimum Gasteiger partial charge on any atom is -0.411 e. The standard InChI is InChI=1S/C20H15N5O2S/c1-25-17(22-16-9-5-3-7-13(16)19(25)26)11-28-20-24-23-18(27-20)14-10-21-15-8-4-2-6-12(14)15/h2-10,21H,11H2,1H3. The van der Waals surface area contributed by atoms with Gasteiger partial charge in [-0.1, -0.05) is 42.1 Å². The van der Waals surface area contributed by atoms with Crippen LogP contribution in [-0.2, 0) is 12.8 Å². The summed E-state index contributed by atoms with van der Waals surface area (Å²) in [6.07, 6.45) is 1.86. The second-order valence-electron chi connectivity index (χ2n) is 6.32. The van der Waals surface area contributed by atoms with E-state index in [0.717, 1.165) is 16.5 Å². The van der Waals surface area contributed by atoms with E-state index in [1.807, 2.05) is 48.7 Å². The molecule has 138 valence electrons. The van der Waals surface area contributed by atoms with Crippen LogP contribution in [0.5, 0.6) is 0 Å². The zero-order valence-electron chi connectivity index (χ0n) is 14.9. The number of H-pyrrole nitrogens is 1. The normalized spacial score (nSPS) is 11.5. The van der Waals surface area contributed by atoms with Crippen molar-refractivity contribution in [3.63, 3.8) is 0 Å². The van der Waals surface area contributed by atoms with Gasteiger partial charge in [-0.15, -0.1) is 10.2 Å². The van der Waals surface area contributed by atoms with Crippen LogP contribution in [0, 0.1) is 0 Å².